The highest BCUT2D eigenvalue weighted by molar-refractivity contribution is 5.74. The maximum atomic E-state index is 12.8. The lowest BCUT2D eigenvalue weighted by Gasteiger charge is -2.49. The summed E-state index contributed by atoms with van der Waals surface area (Å²) >= 11 is 0. The second-order valence-electron chi connectivity index (χ2n) is 14.6. The van der Waals surface area contributed by atoms with Crippen molar-refractivity contribution < 1.29 is 115 Å². The Kier molecular flexibility index (Phi) is 19.8. The van der Waals surface area contributed by atoms with Crippen LogP contribution in [0.1, 0.15) is 69.2 Å². The van der Waals surface area contributed by atoms with Gasteiger partial charge in [-0.2, -0.15) is 0 Å². The lowest BCUT2D eigenvalue weighted by atomic mass is 9.94. The van der Waals surface area contributed by atoms with Crippen LogP contribution in [0, 0.1) is 0 Å². The van der Waals surface area contributed by atoms with Gasteiger partial charge in [0.2, 0.25) is 11.8 Å². The third-order valence-electron chi connectivity index (χ3n) is 9.07. The molecular formula is C38H54N2O24. The number of esters is 8. The van der Waals surface area contributed by atoms with E-state index in [1.807, 2.05) is 0 Å². The molecule has 2 amide bonds. The number of carbonyl (C=O) groups is 10. The lowest BCUT2D eigenvalue weighted by molar-refractivity contribution is -0.348. The molecule has 3 heterocycles. The Balaban J connectivity index is 2.16. The SMILES string of the molecule is CC(=O)NC1C(O)OC(COC2OC(COC(C)=O)C(OC(C)=O)C(OC(C)=O)C2NC(C)=O)C(OC(C)=O)C1OC1OC(COC(C)=O)C(OC(C)=O)C(OC(C)=O)C1OC(C)=O. The van der Waals surface area contributed by atoms with Crippen molar-refractivity contribution in [3.05, 3.63) is 0 Å². The van der Waals surface area contributed by atoms with E-state index in [9.17, 15) is 53.1 Å². The Morgan fingerprint density at radius 3 is 1.20 bits per heavy atom. The first-order valence-corrected chi connectivity index (χ1v) is 19.6. The van der Waals surface area contributed by atoms with Gasteiger partial charge in [-0.15, -0.1) is 0 Å². The van der Waals surface area contributed by atoms with Crippen molar-refractivity contribution in [1.29, 1.82) is 0 Å². The summed E-state index contributed by atoms with van der Waals surface area (Å²) in [5.74, 6) is -8.71. The largest absolute Gasteiger partial charge is 0.463 e. The van der Waals surface area contributed by atoms with Gasteiger partial charge in [0.1, 0.15) is 49.7 Å². The Labute approximate surface area is 365 Å². The van der Waals surface area contributed by atoms with Gasteiger partial charge in [0.05, 0.1) is 6.61 Å². The molecule has 0 aromatic carbocycles. The molecule has 3 fully saturated rings. The van der Waals surface area contributed by atoms with E-state index in [4.69, 9.17) is 61.6 Å². The van der Waals surface area contributed by atoms with E-state index in [-0.39, 0.29) is 0 Å². The van der Waals surface area contributed by atoms with Crippen LogP contribution in [0.4, 0.5) is 0 Å². The first kappa shape index (κ1) is 52.8. The van der Waals surface area contributed by atoms with Gasteiger partial charge >= 0.3 is 47.8 Å². The molecule has 0 saturated carbocycles. The molecule has 0 aromatic heterocycles. The summed E-state index contributed by atoms with van der Waals surface area (Å²) in [6.07, 6.45) is -22.0. The van der Waals surface area contributed by atoms with Gasteiger partial charge in [0.25, 0.3) is 0 Å². The van der Waals surface area contributed by atoms with E-state index in [2.05, 4.69) is 10.6 Å². The molecule has 3 aliphatic rings. The van der Waals surface area contributed by atoms with Gasteiger partial charge in [-0.1, -0.05) is 0 Å². The lowest BCUT2D eigenvalue weighted by Crippen LogP contribution is -2.69. The monoisotopic (exact) mass is 922 g/mol. The number of ether oxygens (including phenoxy) is 13. The van der Waals surface area contributed by atoms with Crippen molar-refractivity contribution in [2.75, 3.05) is 19.8 Å². The fraction of sp³-hybridized carbons (Fsp3) is 0.737. The van der Waals surface area contributed by atoms with Crippen LogP contribution in [0.25, 0.3) is 0 Å². The molecule has 0 aliphatic carbocycles. The number of aliphatic hydroxyl groups excluding tert-OH is 1. The number of hydrogen-bond acceptors (Lipinski definition) is 24. The first-order chi connectivity index (χ1) is 29.9. The van der Waals surface area contributed by atoms with E-state index in [0.717, 1.165) is 69.2 Å². The van der Waals surface area contributed by atoms with Crippen LogP contribution >= 0.6 is 0 Å². The number of carbonyl (C=O) groups excluding carboxylic acids is 10. The van der Waals surface area contributed by atoms with Gasteiger partial charge in [-0.25, -0.2) is 0 Å². The highest BCUT2D eigenvalue weighted by Crippen LogP contribution is 2.35. The fourth-order valence-corrected chi connectivity index (χ4v) is 7.01. The summed E-state index contributed by atoms with van der Waals surface area (Å²) < 4.78 is 73.4. The van der Waals surface area contributed by atoms with Crippen molar-refractivity contribution in [2.24, 2.45) is 0 Å². The number of rotatable bonds is 17. The number of aliphatic hydroxyl groups is 1. The topological polar surface area (TPSA) is 335 Å². The van der Waals surface area contributed by atoms with E-state index < -0.39 is 171 Å². The molecule has 3 saturated heterocycles. The summed E-state index contributed by atoms with van der Waals surface area (Å²) in [5, 5.41) is 16.4. The van der Waals surface area contributed by atoms with E-state index in [0.29, 0.717) is 0 Å². The Hall–Kier alpha value is -5.54. The maximum absolute atomic E-state index is 12.8. The van der Waals surface area contributed by atoms with Gasteiger partial charge in [0, 0.05) is 69.2 Å². The highest BCUT2D eigenvalue weighted by Gasteiger charge is 2.58. The first-order valence-electron chi connectivity index (χ1n) is 19.6. The fourth-order valence-electron chi connectivity index (χ4n) is 7.01. The van der Waals surface area contributed by atoms with Crippen LogP contribution in [0.2, 0.25) is 0 Å². The summed E-state index contributed by atoms with van der Waals surface area (Å²) in [5.41, 5.74) is 0. The zero-order chi connectivity index (χ0) is 48.2. The summed E-state index contributed by atoms with van der Waals surface area (Å²) in [7, 11) is 0. The minimum atomic E-state index is -2.04. The molecule has 3 aliphatic heterocycles. The molecule has 0 spiro atoms. The molecule has 3 rings (SSSR count). The average Bonchev–Trinajstić information content (AvgIpc) is 3.14. The number of nitrogens with one attached hydrogen (secondary N) is 2. The van der Waals surface area contributed by atoms with E-state index >= 15 is 0 Å². The van der Waals surface area contributed by atoms with Gasteiger partial charge in [0.15, 0.2) is 55.5 Å². The van der Waals surface area contributed by atoms with Crippen LogP contribution < -0.4 is 10.6 Å². The molecule has 0 aromatic rings. The zero-order valence-electron chi connectivity index (χ0n) is 36.6. The maximum Gasteiger partial charge on any atom is 0.303 e. The molecule has 3 N–H and O–H groups in total. The number of hydrogen-bond donors (Lipinski definition) is 3. The molecule has 0 radical (unpaired) electrons. The van der Waals surface area contributed by atoms with Crippen LogP contribution in [-0.2, 0) is 110 Å². The normalized spacial score (nSPS) is 32.3. The summed E-state index contributed by atoms with van der Waals surface area (Å²) in [4.78, 5) is 123. The minimum Gasteiger partial charge on any atom is -0.463 e. The predicted molar refractivity (Wildman–Crippen MR) is 201 cm³/mol. The smallest absolute Gasteiger partial charge is 0.303 e. The van der Waals surface area contributed by atoms with E-state index in [1.54, 1.807) is 0 Å². The Morgan fingerprint density at radius 2 is 0.766 bits per heavy atom. The standard InChI is InChI=1S/C38H54N2O24/c1-14(41)39-27-32(64-38-35(60-23(10)50)34(59-22(9)49)31(57-20(7)47)26(63-38)12-53-17(4)44)29(55-18(5)45)24(61-36(27)51)13-54-37-28(40-15(2)42)33(58-21(8)48)30(56-19(6)46)25(62-37)11-52-16(3)43/h24-38,51H,11-13H2,1-10H3,(H,39,41)(H,40,42). The van der Waals surface area contributed by atoms with Crippen molar-refractivity contribution in [2.45, 2.75) is 161 Å². The molecule has 26 heteroatoms. The molecule has 15 atom stereocenters. The molecule has 360 valence electrons. The number of amides is 2. The molecule has 64 heavy (non-hydrogen) atoms. The third kappa shape index (κ3) is 15.6. The van der Waals surface area contributed by atoms with Crippen LogP contribution in [0.5, 0.6) is 0 Å². The molecule has 26 nitrogen and oxygen atoms in total. The summed E-state index contributed by atoms with van der Waals surface area (Å²) in [6.45, 7) is 8.30. The van der Waals surface area contributed by atoms with Gasteiger partial charge in [-0.3, -0.25) is 47.9 Å². The van der Waals surface area contributed by atoms with Crippen molar-refractivity contribution >= 4 is 59.6 Å². The van der Waals surface area contributed by atoms with Crippen molar-refractivity contribution in [3.8, 4) is 0 Å². The van der Waals surface area contributed by atoms with Gasteiger partial charge < -0.3 is 77.3 Å². The average molecular weight is 923 g/mol. The van der Waals surface area contributed by atoms with Crippen LogP contribution in [-0.4, -0.2) is 176 Å². The molecule has 0 bridgehead atoms. The Morgan fingerprint density at radius 1 is 0.406 bits per heavy atom. The predicted octanol–water partition coefficient (Wildman–Crippen LogP) is -2.72. The van der Waals surface area contributed by atoms with Crippen LogP contribution in [0.15, 0.2) is 0 Å². The van der Waals surface area contributed by atoms with Crippen LogP contribution in [0.3, 0.4) is 0 Å². The minimum absolute atomic E-state index is 0.587. The van der Waals surface area contributed by atoms with Gasteiger partial charge in [-0.05, 0) is 0 Å². The third-order valence-corrected chi connectivity index (χ3v) is 9.07. The van der Waals surface area contributed by atoms with Crippen molar-refractivity contribution in [1.82, 2.24) is 10.6 Å². The second-order valence-corrected chi connectivity index (χ2v) is 14.6. The molecular weight excluding hydrogens is 868 g/mol. The highest BCUT2D eigenvalue weighted by atomic mass is 16.8. The zero-order valence-corrected chi connectivity index (χ0v) is 36.6. The Bertz CT molecular complexity index is 1740. The van der Waals surface area contributed by atoms with E-state index in [1.165, 1.54) is 0 Å². The molecule has 15 unspecified atom stereocenters. The van der Waals surface area contributed by atoms with Crippen molar-refractivity contribution in [3.63, 3.8) is 0 Å². The summed E-state index contributed by atoms with van der Waals surface area (Å²) in [6, 6.07) is -3.13. The quantitative estimate of drug-likeness (QED) is 0.0985. The second kappa shape index (κ2) is 23.9.